The molecule has 0 saturated carbocycles. The Morgan fingerprint density at radius 2 is 2.15 bits per heavy atom. The summed E-state index contributed by atoms with van der Waals surface area (Å²) >= 11 is 0. The second-order valence-corrected chi connectivity index (χ2v) is 5.68. The van der Waals surface area contributed by atoms with Crippen LogP contribution in [-0.2, 0) is 4.74 Å². The predicted molar refractivity (Wildman–Crippen MR) is 77.3 cm³/mol. The Kier molecular flexibility index (Phi) is 4.89. The lowest BCUT2D eigenvalue weighted by Gasteiger charge is -2.35. The molecule has 0 bridgehead atoms. The highest BCUT2D eigenvalue weighted by molar-refractivity contribution is 5.43. The first-order chi connectivity index (χ1) is 9.52. The molecule has 0 fully saturated rings. The van der Waals surface area contributed by atoms with Gasteiger partial charge in [-0.15, -0.1) is 0 Å². The number of aliphatic hydroxyl groups is 1. The molecule has 20 heavy (non-hydrogen) atoms. The van der Waals surface area contributed by atoms with Gasteiger partial charge in [-0.2, -0.15) is 0 Å². The van der Waals surface area contributed by atoms with Gasteiger partial charge in [-0.25, -0.2) is 0 Å². The van der Waals surface area contributed by atoms with E-state index in [0.717, 1.165) is 30.1 Å². The van der Waals surface area contributed by atoms with E-state index >= 15 is 0 Å². The van der Waals surface area contributed by atoms with Crippen molar-refractivity contribution in [3.8, 4) is 11.5 Å². The third-order valence-electron chi connectivity index (χ3n) is 3.32. The van der Waals surface area contributed by atoms with E-state index in [1.165, 1.54) is 0 Å². The summed E-state index contributed by atoms with van der Waals surface area (Å²) in [6.07, 6.45) is 0.995. The van der Waals surface area contributed by atoms with Crippen molar-refractivity contribution in [1.29, 1.82) is 0 Å². The lowest BCUT2D eigenvalue weighted by molar-refractivity contribution is 0.0113. The largest absolute Gasteiger partial charge is 0.493 e. The van der Waals surface area contributed by atoms with E-state index in [2.05, 4.69) is 0 Å². The number of rotatable bonds is 6. The minimum atomic E-state index is -0.472. The minimum absolute atomic E-state index is 0.347. The molecule has 1 aliphatic rings. The van der Waals surface area contributed by atoms with Crippen LogP contribution in [0.1, 0.15) is 45.3 Å². The summed E-state index contributed by atoms with van der Waals surface area (Å²) in [4.78, 5) is 0. The topological polar surface area (TPSA) is 47.9 Å². The van der Waals surface area contributed by atoms with Crippen LogP contribution in [0.2, 0.25) is 0 Å². The zero-order chi connectivity index (χ0) is 14.6. The van der Waals surface area contributed by atoms with Crippen molar-refractivity contribution < 1.29 is 19.3 Å². The van der Waals surface area contributed by atoms with E-state index in [9.17, 15) is 5.11 Å². The minimum Gasteiger partial charge on any atom is -0.493 e. The van der Waals surface area contributed by atoms with Crippen LogP contribution in [0.3, 0.4) is 0 Å². The third kappa shape index (κ3) is 3.87. The summed E-state index contributed by atoms with van der Waals surface area (Å²) in [7, 11) is 0. The monoisotopic (exact) mass is 280 g/mol. The van der Waals surface area contributed by atoms with Gasteiger partial charge in [-0.3, -0.25) is 0 Å². The molecule has 0 radical (unpaired) electrons. The highest BCUT2D eigenvalue weighted by Crippen LogP contribution is 2.40. The Morgan fingerprint density at radius 3 is 2.90 bits per heavy atom. The summed E-state index contributed by atoms with van der Waals surface area (Å²) < 4.78 is 16.9. The van der Waals surface area contributed by atoms with Crippen LogP contribution in [-0.4, -0.2) is 30.5 Å². The fraction of sp³-hybridized carbons (Fsp3) is 0.625. The van der Waals surface area contributed by atoms with Crippen LogP contribution >= 0.6 is 0 Å². The first kappa shape index (κ1) is 15.1. The summed E-state index contributed by atoms with van der Waals surface area (Å²) in [6.45, 7) is 8.01. The van der Waals surface area contributed by atoms with E-state index in [1.807, 2.05) is 39.0 Å². The van der Waals surface area contributed by atoms with E-state index < -0.39 is 6.10 Å². The molecule has 1 heterocycles. The van der Waals surface area contributed by atoms with E-state index in [1.54, 1.807) is 0 Å². The fourth-order valence-electron chi connectivity index (χ4n) is 2.38. The van der Waals surface area contributed by atoms with Crippen molar-refractivity contribution in [1.82, 2.24) is 0 Å². The van der Waals surface area contributed by atoms with Crippen molar-refractivity contribution in [2.24, 2.45) is 0 Å². The Balaban J connectivity index is 1.97. The van der Waals surface area contributed by atoms with Gasteiger partial charge in [0, 0.05) is 37.7 Å². The smallest absolute Gasteiger partial charge is 0.129 e. The molecule has 1 aromatic carbocycles. The number of ether oxygens (including phenoxy) is 3. The highest BCUT2D eigenvalue weighted by atomic mass is 16.5. The number of benzene rings is 1. The zero-order valence-corrected chi connectivity index (χ0v) is 12.5. The molecule has 0 aliphatic carbocycles. The molecular weight excluding hydrogens is 256 g/mol. The van der Waals surface area contributed by atoms with Crippen LogP contribution in [0, 0.1) is 0 Å². The normalized spacial score (nSPS) is 20.1. The van der Waals surface area contributed by atoms with Gasteiger partial charge in [-0.05, 0) is 32.9 Å². The van der Waals surface area contributed by atoms with Crippen molar-refractivity contribution in [2.75, 3.05) is 19.8 Å². The van der Waals surface area contributed by atoms with Crippen LogP contribution in [0.15, 0.2) is 18.2 Å². The molecule has 0 saturated heterocycles. The molecular formula is C16H24O4. The molecule has 1 atom stereocenters. The average Bonchev–Trinajstić information content (AvgIpc) is 2.36. The quantitative estimate of drug-likeness (QED) is 0.813. The molecule has 1 N–H and O–H groups in total. The standard InChI is InChI=1S/C16H24O4/c1-4-18-8-5-9-19-12-6-7-13-14(17)11-16(2,3)20-15(13)10-12/h6-7,10,14,17H,4-5,8-9,11H2,1-3H3. The van der Waals surface area contributed by atoms with Crippen LogP contribution in [0.25, 0.3) is 0 Å². The molecule has 1 aliphatic heterocycles. The van der Waals surface area contributed by atoms with Gasteiger partial charge in [0.25, 0.3) is 0 Å². The van der Waals surface area contributed by atoms with Crippen LogP contribution < -0.4 is 9.47 Å². The molecule has 0 aromatic heterocycles. The van der Waals surface area contributed by atoms with Gasteiger partial charge in [-0.1, -0.05) is 0 Å². The zero-order valence-electron chi connectivity index (χ0n) is 12.5. The Bertz CT molecular complexity index is 442. The third-order valence-corrected chi connectivity index (χ3v) is 3.32. The number of hydrogen-bond donors (Lipinski definition) is 1. The molecule has 0 spiro atoms. The van der Waals surface area contributed by atoms with Crippen molar-refractivity contribution in [3.63, 3.8) is 0 Å². The molecule has 1 aromatic rings. The van der Waals surface area contributed by atoms with Gasteiger partial charge in [0.05, 0.1) is 12.7 Å². The summed E-state index contributed by atoms with van der Waals surface area (Å²) in [5.41, 5.74) is 0.492. The second-order valence-electron chi connectivity index (χ2n) is 5.68. The SMILES string of the molecule is CCOCCCOc1ccc2c(c1)OC(C)(C)CC2O. The summed E-state index contributed by atoms with van der Waals surface area (Å²) in [5.74, 6) is 1.49. The van der Waals surface area contributed by atoms with E-state index in [4.69, 9.17) is 14.2 Å². The van der Waals surface area contributed by atoms with Crippen LogP contribution in [0.5, 0.6) is 11.5 Å². The summed E-state index contributed by atoms with van der Waals surface area (Å²) in [5, 5.41) is 10.1. The van der Waals surface area contributed by atoms with E-state index in [-0.39, 0.29) is 5.60 Å². The maximum Gasteiger partial charge on any atom is 0.129 e. The number of hydrogen-bond acceptors (Lipinski definition) is 4. The number of fused-ring (bicyclic) bond motifs is 1. The maximum absolute atomic E-state index is 10.1. The highest BCUT2D eigenvalue weighted by Gasteiger charge is 2.32. The first-order valence-corrected chi connectivity index (χ1v) is 7.23. The molecule has 4 nitrogen and oxygen atoms in total. The predicted octanol–water partition coefficient (Wildman–Crippen LogP) is 3.09. The van der Waals surface area contributed by atoms with Gasteiger partial charge in [0.2, 0.25) is 0 Å². The van der Waals surface area contributed by atoms with Crippen LogP contribution in [0.4, 0.5) is 0 Å². The first-order valence-electron chi connectivity index (χ1n) is 7.23. The molecule has 2 rings (SSSR count). The van der Waals surface area contributed by atoms with Crippen molar-refractivity contribution >= 4 is 0 Å². The second kappa shape index (κ2) is 6.46. The van der Waals surface area contributed by atoms with Crippen molar-refractivity contribution in [2.45, 2.75) is 45.3 Å². The molecule has 4 heteroatoms. The average molecular weight is 280 g/mol. The van der Waals surface area contributed by atoms with Gasteiger partial charge < -0.3 is 19.3 Å². The van der Waals surface area contributed by atoms with E-state index in [0.29, 0.717) is 19.6 Å². The lowest BCUT2D eigenvalue weighted by Crippen LogP contribution is -2.34. The Labute approximate surface area is 120 Å². The lowest BCUT2D eigenvalue weighted by atomic mass is 9.92. The fourth-order valence-corrected chi connectivity index (χ4v) is 2.38. The van der Waals surface area contributed by atoms with Crippen molar-refractivity contribution in [3.05, 3.63) is 23.8 Å². The van der Waals surface area contributed by atoms with Gasteiger partial charge in [0.15, 0.2) is 0 Å². The molecule has 1 unspecified atom stereocenters. The van der Waals surface area contributed by atoms with Gasteiger partial charge >= 0.3 is 0 Å². The maximum atomic E-state index is 10.1. The number of aliphatic hydroxyl groups excluding tert-OH is 1. The summed E-state index contributed by atoms with van der Waals surface area (Å²) in [6, 6.07) is 5.62. The Hall–Kier alpha value is -1.26. The van der Waals surface area contributed by atoms with Gasteiger partial charge in [0.1, 0.15) is 17.1 Å². The molecule has 112 valence electrons. The Morgan fingerprint density at radius 1 is 1.35 bits per heavy atom. The molecule has 0 amide bonds.